The highest BCUT2D eigenvalue weighted by molar-refractivity contribution is 6.35. The number of aromatic nitrogens is 2. The van der Waals surface area contributed by atoms with Crippen molar-refractivity contribution in [2.45, 2.75) is 13.8 Å². The maximum Gasteiger partial charge on any atom is 0.323 e. The number of halogens is 1. The van der Waals surface area contributed by atoms with Gasteiger partial charge in [0.25, 0.3) is 0 Å². The Hall–Kier alpha value is -1.55. The Morgan fingerprint density at radius 1 is 1.31 bits per heavy atom. The minimum Gasteiger partial charge on any atom is -0.306 e. The molecule has 16 heavy (non-hydrogen) atoms. The molecule has 1 aromatic carbocycles. The quantitative estimate of drug-likeness (QED) is 0.789. The predicted molar refractivity (Wildman–Crippen MR) is 63.1 cm³/mol. The fourth-order valence-electron chi connectivity index (χ4n) is 1.57. The molecule has 0 atom stereocenters. The van der Waals surface area contributed by atoms with Crippen LogP contribution in [0, 0.1) is 5.92 Å². The molecule has 0 fully saturated rings. The van der Waals surface area contributed by atoms with E-state index >= 15 is 0 Å². The number of rotatable bonds is 2. The first-order valence-corrected chi connectivity index (χ1v) is 5.32. The second-order valence-electron chi connectivity index (χ2n) is 3.98. The minimum absolute atomic E-state index is 0.00542. The molecular formula is C11H11ClN2O2. The van der Waals surface area contributed by atoms with Crippen LogP contribution in [0.25, 0.3) is 11.0 Å². The van der Waals surface area contributed by atoms with Crippen LogP contribution >= 0.6 is 11.6 Å². The van der Waals surface area contributed by atoms with Crippen LogP contribution in [0.15, 0.2) is 16.9 Å². The lowest BCUT2D eigenvalue weighted by atomic mass is 10.0. The zero-order valence-corrected chi connectivity index (χ0v) is 9.68. The number of Topliss-reactive ketones (excluding diaryl/α,β-unsaturated/α-hetero) is 1. The molecule has 1 heterocycles. The summed E-state index contributed by atoms with van der Waals surface area (Å²) in [4.78, 5) is 28.0. The summed E-state index contributed by atoms with van der Waals surface area (Å²) >= 11 is 5.98. The first-order chi connectivity index (χ1) is 7.49. The number of H-pyrrole nitrogens is 2. The van der Waals surface area contributed by atoms with Crippen molar-refractivity contribution in [2.75, 3.05) is 0 Å². The second-order valence-corrected chi connectivity index (χ2v) is 4.39. The number of carbonyl (C=O) groups excluding carboxylic acids is 1. The number of imidazole rings is 1. The van der Waals surface area contributed by atoms with Gasteiger partial charge >= 0.3 is 5.69 Å². The Bertz CT molecular complexity index is 610. The Balaban J connectivity index is 2.66. The number of hydrogen-bond donors (Lipinski definition) is 2. The van der Waals surface area contributed by atoms with E-state index in [1.807, 2.05) is 13.8 Å². The van der Waals surface area contributed by atoms with E-state index in [-0.39, 0.29) is 17.4 Å². The average Bonchev–Trinajstić information content (AvgIpc) is 2.57. The van der Waals surface area contributed by atoms with Gasteiger partial charge in [-0.05, 0) is 12.1 Å². The van der Waals surface area contributed by atoms with Crippen molar-refractivity contribution in [3.63, 3.8) is 0 Å². The lowest BCUT2D eigenvalue weighted by Crippen LogP contribution is -2.07. The van der Waals surface area contributed by atoms with E-state index in [1.165, 1.54) is 0 Å². The normalized spacial score (nSPS) is 11.2. The van der Waals surface area contributed by atoms with Gasteiger partial charge in [0.2, 0.25) is 0 Å². The number of fused-ring (bicyclic) bond motifs is 1. The largest absolute Gasteiger partial charge is 0.323 e. The fraction of sp³-hybridized carbons (Fsp3) is 0.273. The molecule has 1 aromatic heterocycles. The van der Waals surface area contributed by atoms with E-state index in [0.717, 1.165) is 0 Å². The highest BCUT2D eigenvalue weighted by atomic mass is 35.5. The third-order valence-corrected chi connectivity index (χ3v) is 2.68. The molecule has 0 saturated carbocycles. The molecule has 0 spiro atoms. The third-order valence-electron chi connectivity index (χ3n) is 2.39. The molecule has 0 aliphatic carbocycles. The zero-order chi connectivity index (χ0) is 11.9. The van der Waals surface area contributed by atoms with Gasteiger partial charge in [0, 0.05) is 11.5 Å². The van der Waals surface area contributed by atoms with Gasteiger partial charge in [-0.15, -0.1) is 0 Å². The lowest BCUT2D eigenvalue weighted by molar-refractivity contribution is 0.0939. The van der Waals surface area contributed by atoms with Crippen LogP contribution in [0.1, 0.15) is 24.2 Å². The van der Waals surface area contributed by atoms with Crippen molar-refractivity contribution in [1.82, 2.24) is 9.97 Å². The molecule has 2 rings (SSSR count). The number of aromatic amines is 2. The summed E-state index contributed by atoms with van der Waals surface area (Å²) < 4.78 is 0. The van der Waals surface area contributed by atoms with Crippen LogP contribution in [0.2, 0.25) is 5.02 Å². The first kappa shape index (κ1) is 11.0. The van der Waals surface area contributed by atoms with Crippen molar-refractivity contribution in [3.8, 4) is 0 Å². The van der Waals surface area contributed by atoms with Crippen molar-refractivity contribution < 1.29 is 4.79 Å². The summed E-state index contributed by atoms with van der Waals surface area (Å²) in [6.07, 6.45) is 0. The van der Waals surface area contributed by atoms with Gasteiger partial charge in [0.15, 0.2) is 5.78 Å². The highest BCUT2D eigenvalue weighted by Crippen LogP contribution is 2.23. The van der Waals surface area contributed by atoms with Gasteiger partial charge in [-0.1, -0.05) is 25.4 Å². The second kappa shape index (κ2) is 3.79. The van der Waals surface area contributed by atoms with Crippen LogP contribution < -0.4 is 5.69 Å². The molecule has 0 amide bonds. The molecule has 2 N–H and O–H groups in total. The van der Waals surface area contributed by atoms with Gasteiger partial charge in [-0.25, -0.2) is 4.79 Å². The molecule has 0 radical (unpaired) electrons. The summed E-state index contributed by atoms with van der Waals surface area (Å²) in [5.74, 6) is -0.0926. The van der Waals surface area contributed by atoms with E-state index in [0.29, 0.717) is 21.6 Å². The summed E-state index contributed by atoms with van der Waals surface area (Å²) in [6, 6.07) is 3.22. The molecule has 0 saturated heterocycles. The fourth-order valence-corrected chi connectivity index (χ4v) is 1.84. The number of nitrogens with one attached hydrogen (secondary N) is 2. The van der Waals surface area contributed by atoms with Crippen LogP contribution in [0.4, 0.5) is 0 Å². The topological polar surface area (TPSA) is 65.7 Å². The maximum atomic E-state index is 11.8. The minimum atomic E-state index is -0.328. The smallest absolute Gasteiger partial charge is 0.306 e. The SMILES string of the molecule is CC(C)C(=O)c1cc(Cl)c2[nH]c(=O)[nH]c2c1. The number of benzene rings is 1. The molecule has 84 valence electrons. The summed E-state index contributed by atoms with van der Waals surface area (Å²) in [6.45, 7) is 3.64. The standard InChI is InChI=1S/C11H11ClN2O2/c1-5(2)10(15)6-3-7(12)9-8(4-6)13-11(16)14-9/h3-5H,1-2H3,(H2,13,14,16). The number of ketones is 1. The van der Waals surface area contributed by atoms with Gasteiger partial charge in [0.05, 0.1) is 16.1 Å². The Kier molecular flexibility index (Phi) is 2.59. The Morgan fingerprint density at radius 3 is 2.62 bits per heavy atom. The predicted octanol–water partition coefficient (Wildman–Crippen LogP) is 2.35. The van der Waals surface area contributed by atoms with Crippen molar-refractivity contribution in [3.05, 3.63) is 33.2 Å². The number of carbonyl (C=O) groups is 1. The van der Waals surface area contributed by atoms with Crippen LogP contribution in [-0.2, 0) is 0 Å². The zero-order valence-electron chi connectivity index (χ0n) is 8.93. The Labute approximate surface area is 96.6 Å². The molecule has 5 heteroatoms. The van der Waals surface area contributed by atoms with Gasteiger partial charge in [-0.3, -0.25) is 4.79 Å². The first-order valence-electron chi connectivity index (χ1n) is 4.95. The van der Waals surface area contributed by atoms with Crippen molar-refractivity contribution in [1.29, 1.82) is 0 Å². The maximum absolute atomic E-state index is 11.8. The molecule has 4 nitrogen and oxygen atoms in total. The van der Waals surface area contributed by atoms with Crippen LogP contribution in [0.3, 0.4) is 0 Å². The molecule has 2 aromatic rings. The molecule has 0 aliphatic rings. The van der Waals surface area contributed by atoms with E-state index in [2.05, 4.69) is 9.97 Å². The lowest BCUT2D eigenvalue weighted by Gasteiger charge is -2.04. The molecule has 0 bridgehead atoms. The van der Waals surface area contributed by atoms with E-state index in [1.54, 1.807) is 12.1 Å². The van der Waals surface area contributed by atoms with Crippen LogP contribution in [-0.4, -0.2) is 15.8 Å². The van der Waals surface area contributed by atoms with Gasteiger partial charge in [0.1, 0.15) is 0 Å². The molecule has 0 aliphatic heterocycles. The highest BCUT2D eigenvalue weighted by Gasteiger charge is 2.13. The average molecular weight is 239 g/mol. The number of hydrogen-bond acceptors (Lipinski definition) is 2. The van der Waals surface area contributed by atoms with E-state index < -0.39 is 0 Å². The third kappa shape index (κ3) is 1.76. The van der Waals surface area contributed by atoms with Gasteiger partial charge in [-0.2, -0.15) is 0 Å². The Morgan fingerprint density at radius 2 is 2.00 bits per heavy atom. The van der Waals surface area contributed by atoms with Crippen LogP contribution in [0.5, 0.6) is 0 Å². The van der Waals surface area contributed by atoms with E-state index in [4.69, 9.17) is 11.6 Å². The summed E-state index contributed by atoms with van der Waals surface area (Å²) in [5.41, 5.74) is 1.28. The van der Waals surface area contributed by atoms with Crippen molar-refractivity contribution in [2.24, 2.45) is 5.92 Å². The van der Waals surface area contributed by atoms with Gasteiger partial charge < -0.3 is 9.97 Å². The molecule has 0 unspecified atom stereocenters. The molecular weight excluding hydrogens is 228 g/mol. The van der Waals surface area contributed by atoms with E-state index in [9.17, 15) is 9.59 Å². The summed E-state index contributed by atoms with van der Waals surface area (Å²) in [7, 11) is 0. The summed E-state index contributed by atoms with van der Waals surface area (Å²) in [5, 5.41) is 0.375. The van der Waals surface area contributed by atoms with Crippen molar-refractivity contribution >= 4 is 28.4 Å². The monoisotopic (exact) mass is 238 g/mol.